The zero-order chi connectivity index (χ0) is 36.9. The lowest BCUT2D eigenvalue weighted by molar-refractivity contribution is 0.0989. The molecule has 16 heteroatoms. The van der Waals surface area contributed by atoms with Crippen LogP contribution >= 0.6 is 0 Å². The second kappa shape index (κ2) is 12.2. The molecule has 5 aromatic carbocycles. The van der Waals surface area contributed by atoms with Gasteiger partial charge < -0.3 is 61.3 Å². The first-order valence-corrected chi connectivity index (χ1v) is 13.8. The molecule has 0 saturated heterocycles. The van der Waals surface area contributed by atoms with E-state index in [0.29, 0.717) is 12.1 Å². The quantitative estimate of drug-likeness (QED) is 0.0824. The van der Waals surface area contributed by atoms with Gasteiger partial charge in [-0.15, -0.1) is 0 Å². The average molecular weight is 687 g/mol. The zero-order valence-electron chi connectivity index (χ0n) is 24.8. The largest absolute Gasteiger partial charge is 0.504 e. The van der Waals surface area contributed by atoms with E-state index in [2.05, 4.69) is 0 Å². The summed E-state index contributed by atoms with van der Waals surface area (Å²) in [6, 6.07) is 7.60. The maximum atomic E-state index is 14.0. The molecule has 0 aliphatic heterocycles. The van der Waals surface area contributed by atoms with Crippen molar-refractivity contribution in [1.29, 1.82) is 0 Å². The Morgan fingerprint density at radius 1 is 0.260 bits per heavy atom. The summed E-state index contributed by atoms with van der Waals surface area (Å²) in [5, 5.41) is 121. The van der Waals surface area contributed by atoms with E-state index < -0.39 is 137 Å². The van der Waals surface area contributed by atoms with E-state index in [1.807, 2.05) is 0 Å². The SMILES string of the molecule is O=C(c1cc(C(=O)c2ccc(O)c(O)c2O)c(C(=O)c2ccc(O)c(O)c2O)cc1C(=O)c1ccc(O)c(O)c1O)c1ccc(O)c(O)c1O. The van der Waals surface area contributed by atoms with E-state index in [-0.39, 0.29) is 0 Å². The minimum atomic E-state index is -1.36. The summed E-state index contributed by atoms with van der Waals surface area (Å²) in [6.45, 7) is 0. The maximum absolute atomic E-state index is 14.0. The Hall–Kier alpha value is -7.62. The summed E-state index contributed by atoms with van der Waals surface area (Å²) in [6.07, 6.45) is 0. The van der Waals surface area contributed by atoms with Gasteiger partial charge in [0.1, 0.15) is 0 Å². The van der Waals surface area contributed by atoms with Gasteiger partial charge in [0.15, 0.2) is 69.1 Å². The molecular weight excluding hydrogens is 664 g/mol. The Balaban J connectivity index is 1.90. The number of carbonyl (C=O) groups is 4. The molecule has 0 radical (unpaired) electrons. The summed E-state index contributed by atoms with van der Waals surface area (Å²) < 4.78 is 0. The standard InChI is InChI=1S/C34H22O16/c35-19-5-1-11(27(43)31(19)47)23(39)15-9-17(25(41)13-3-7-21(37)33(49)29(13)45)18(26(42)14-4-8-22(38)34(50)30(14)46)10-16(15)24(40)12-2-6-20(36)32(48)28(12)44/h1-10,35-38,43-50H. The van der Waals surface area contributed by atoms with Crippen LogP contribution in [0.2, 0.25) is 0 Å². The molecule has 254 valence electrons. The monoisotopic (exact) mass is 686 g/mol. The predicted molar refractivity (Wildman–Crippen MR) is 166 cm³/mol. The fraction of sp³-hybridized carbons (Fsp3) is 0. The number of hydrogen-bond acceptors (Lipinski definition) is 16. The smallest absolute Gasteiger partial charge is 0.201 e. The van der Waals surface area contributed by atoms with Crippen molar-refractivity contribution in [1.82, 2.24) is 0 Å². The summed E-state index contributed by atoms with van der Waals surface area (Å²) in [5.74, 6) is -18.4. The minimum absolute atomic E-state index is 0.604. The molecule has 0 atom stereocenters. The highest BCUT2D eigenvalue weighted by Crippen LogP contribution is 2.43. The first kappa shape index (κ1) is 33.7. The van der Waals surface area contributed by atoms with Gasteiger partial charge in [0, 0.05) is 22.3 Å². The van der Waals surface area contributed by atoms with E-state index in [1.54, 1.807) is 0 Å². The second-order valence-corrected chi connectivity index (χ2v) is 10.6. The molecule has 0 aromatic heterocycles. The van der Waals surface area contributed by atoms with E-state index >= 15 is 0 Å². The van der Waals surface area contributed by atoms with E-state index in [1.165, 1.54) is 0 Å². The molecule has 0 unspecified atom stereocenters. The van der Waals surface area contributed by atoms with Crippen molar-refractivity contribution in [3.8, 4) is 69.0 Å². The van der Waals surface area contributed by atoms with Crippen LogP contribution in [-0.4, -0.2) is 84.4 Å². The number of phenolic OH excluding ortho intramolecular Hbond substituents is 12. The molecule has 0 bridgehead atoms. The highest BCUT2D eigenvalue weighted by atomic mass is 16.3. The van der Waals surface area contributed by atoms with E-state index in [0.717, 1.165) is 48.5 Å². The molecule has 12 N–H and O–H groups in total. The van der Waals surface area contributed by atoms with Crippen molar-refractivity contribution in [2.75, 3.05) is 0 Å². The van der Waals surface area contributed by atoms with Gasteiger partial charge in [0.2, 0.25) is 23.0 Å². The van der Waals surface area contributed by atoms with Gasteiger partial charge in [-0.2, -0.15) is 0 Å². The molecule has 0 heterocycles. The van der Waals surface area contributed by atoms with Crippen LogP contribution in [0.4, 0.5) is 0 Å². The number of ketones is 4. The number of rotatable bonds is 8. The predicted octanol–water partition coefficient (Wildman–Crippen LogP) is 3.08. The van der Waals surface area contributed by atoms with Crippen LogP contribution < -0.4 is 0 Å². The van der Waals surface area contributed by atoms with Gasteiger partial charge in [-0.1, -0.05) is 0 Å². The summed E-state index contributed by atoms with van der Waals surface area (Å²) in [7, 11) is 0. The molecule has 5 rings (SSSR count). The Morgan fingerprint density at radius 3 is 0.620 bits per heavy atom. The topological polar surface area (TPSA) is 311 Å². The third-order valence-electron chi connectivity index (χ3n) is 7.63. The van der Waals surface area contributed by atoms with Crippen LogP contribution in [-0.2, 0) is 0 Å². The molecule has 0 saturated carbocycles. The van der Waals surface area contributed by atoms with Crippen LogP contribution in [0.5, 0.6) is 69.0 Å². The normalized spacial score (nSPS) is 10.9. The fourth-order valence-electron chi connectivity index (χ4n) is 4.94. The second-order valence-electron chi connectivity index (χ2n) is 10.6. The van der Waals surface area contributed by atoms with Gasteiger partial charge >= 0.3 is 0 Å². The molecule has 0 spiro atoms. The van der Waals surface area contributed by atoms with Crippen LogP contribution in [0.1, 0.15) is 63.7 Å². The third-order valence-corrected chi connectivity index (χ3v) is 7.63. The maximum Gasteiger partial charge on any atom is 0.201 e. The number of phenols is 12. The van der Waals surface area contributed by atoms with Gasteiger partial charge in [0.25, 0.3) is 0 Å². The van der Waals surface area contributed by atoms with Crippen molar-refractivity contribution in [3.05, 3.63) is 105 Å². The lowest BCUT2D eigenvalue weighted by atomic mass is 9.84. The van der Waals surface area contributed by atoms with Crippen molar-refractivity contribution in [3.63, 3.8) is 0 Å². The molecule has 0 aliphatic rings. The fourth-order valence-corrected chi connectivity index (χ4v) is 4.94. The van der Waals surface area contributed by atoms with Gasteiger partial charge in [-0.3, -0.25) is 19.2 Å². The lowest BCUT2D eigenvalue weighted by Gasteiger charge is -2.17. The first-order valence-electron chi connectivity index (χ1n) is 13.8. The number of hydrogen-bond donors (Lipinski definition) is 12. The summed E-state index contributed by atoms with van der Waals surface area (Å²) >= 11 is 0. The van der Waals surface area contributed by atoms with Gasteiger partial charge in [-0.25, -0.2) is 0 Å². The highest BCUT2D eigenvalue weighted by Gasteiger charge is 2.33. The van der Waals surface area contributed by atoms with Crippen LogP contribution in [0.3, 0.4) is 0 Å². The Bertz CT molecular complexity index is 2000. The highest BCUT2D eigenvalue weighted by molar-refractivity contribution is 6.27. The molecule has 0 amide bonds. The Kier molecular flexibility index (Phi) is 8.23. The van der Waals surface area contributed by atoms with Crippen molar-refractivity contribution >= 4 is 23.1 Å². The zero-order valence-corrected chi connectivity index (χ0v) is 24.8. The molecule has 5 aromatic rings. The van der Waals surface area contributed by atoms with Crippen LogP contribution in [0.15, 0.2) is 60.7 Å². The third kappa shape index (κ3) is 5.33. The van der Waals surface area contributed by atoms with Crippen molar-refractivity contribution in [2.24, 2.45) is 0 Å². The van der Waals surface area contributed by atoms with E-state index in [4.69, 9.17) is 0 Å². The van der Waals surface area contributed by atoms with Crippen LogP contribution in [0, 0.1) is 0 Å². The van der Waals surface area contributed by atoms with Gasteiger partial charge in [0.05, 0.1) is 22.3 Å². The van der Waals surface area contributed by atoms with Crippen molar-refractivity contribution < 1.29 is 80.5 Å². The lowest BCUT2D eigenvalue weighted by Crippen LogP contribution is -2.18. The molecule has 16 nitrogen and oxygen atoms in total. The summed E-state index contributed by atoms with van der Waals surface area (Å²) in [5.41, 5.74) is -6.56. The number of benzene rings is 5. The van der Waals surface area contributed by atoms with Crippen LogP contribution in [0.25, 0.3) is 0 Å². The van der Waals surface area contributed by atoms with E-state index in [9.17, 15) is 80.5 Å². The molecule has 0 aliphatic carbocycles. The van der Waals surface area contributed by atoms with Gasteiger partial charge in [-0.05, 0) is 60.7 Å². The molecule has 50 heavy (non-hydrogen) atoms. The average Bonchev–Trinajstić information content (AvgIpc) is 3.09. The Labute approximate surface area is 277 Å². The first-order chi connectivity index (χ1) is 23.5. The number of aromatic hydroxyl groups is 12. The molecule has 0 fully saturated rings. The number of carbonyl (C=O) groups excluding carboxylic acids is 4. The molecular formula is C34H22O16. The minimum Gasteiger partial charge on any atom is -0.504 e. The van der Waals surface area contributed by atoms with Crippen molar-refractivity contribution in [2.45, 2.75) is 0 Å². The Morgan fingerprint density at radius 2 is 0.440 bits per heavy atom. The summed E-state index contributed by atoms with van der Waals surface area (Å²) in [4.78, 5) is 55.9.